The van der Waals surface area contributed by atoms with Crippen LogP contribution in [0.4, 0.5) is 0 Å². The Hall–Kier alpha value is -3.82. The van der Waals surface area contributed by atoms with E-state index in [1.54, 1.807) is 36.6 Å². The molecule has 3 fully saturated rings. The van der Waals surface area contributed by atoms with Crippen molar-refractivity contribution in [1.29, 1.82) is 0 Å². The molecule has 230 valence electrons. The smallest absolute Gasteiger partial charge is 0.335 e. The maximum absolute atomic E-state index is 14.0. The highest BCUT2D eigenvalue weighted by atomic mass is 16.6. The van der Waals surface area contributed by atoms with Crippen LogP contribution in [0.1, 0.15) is 62.4 Å². The summed E-state index contributed by atoms with van der Waals surface area (Å²) < 4.78 is 24.4. The van der Waals surface area contributed by atoms with E-state index in [1.165, 1.54) is 13.2 Å². The summed E-state index contributed by atoms with van der Waals surface area (Å²) >= 11 is 0. The number of methoxy groups -OCH3 is 1. The number of ketones is 2. The molecule has 2 aromatic rings. The number of allylic oxidation sites excluding steroid dienone is 3. The van der Waals surface area contributed by atoms with Gasteiger partial charge in [0.25, 0.3) is 0 Å². The third kappa shape index (κ3) is 3.59. The van der Waals surface area contributed by atoms with Crippen molar-refractivity contribution >= 4 is 23.5 Å². The fraction of sp³-hybridized carbons (Fsp3) is 0.486. The van der Waals surface area contributed by atoms with Gasteiger partial charge in [-0.25, -0.2) is 4.79 Å². The number of carbonyl (C=O) groups is 4. The first kappa shape index (κ1) is 28.9. The van der Waals surface area contributed by atoms with Gasteiger partial charge in [0.05, 0.1) is 49.1 Å². The minimum absolute atomic E-state index is 0.00250. The molecule has 1 saturated carbocycles. The molecule has 3 heterocycles. The van der Waals surface area contributed by atoms with E-state index in [9.17, 15) is 24.3 Å². The molecule has 5 aliphatic rings. The number of ether oxygens (including phenoxy) is 3. The summed E-state index contributed by atoms with van der Waals surface area (Å²) in [7, 11) is 1.35. The van der Waals surface area contributed by atoms with Crippen molar-refractivity contribution in [2.45, 2.75) is 64.8 Å². The van der Waals surface area contributed by atoms with Gasteiger partial charge in [-0.15, -0.1) is 0 Å². The molecular formula is C35H36O9. The van der Waals surface area contributed by atoms with Crippen LogP contribution in [-0.2, 0) is 28.6 Å². The molecule has 0 amide bonds. The van der Waals surface area contributed by atoms with E-state index in [-0.39, 0.29) is 42.2 Å². The van der Waals surface area contributed by atoms with Crippen molar-refractivity contribution < 1.29 is 42.9 Å². The Balaban J connectivity index is 1.36. The first-order chi connectivity index (χ1) is 20.9. The van der Waals surface area contributed by atoms with Crippen LogP contribution in [-0.4, -0.2) is 60.6 Å². The van der Waals surface area contributed by atoms with Crippen LogP contribution in [0.15, 0.2) is 64.3 Å². The predicted octanol–water partition coefficient (Wildman–Crippen LogP) is 5.15. The van der Waals surface area contributed by atoms with Crippen LogP contribution in [0.2, 0.25) is 0 Å². The molecule has 0 bridgehead atoms. The molecule has 1 aromatic carbocycles. The zero-order valence-electron chi connectivity index (χ0n) is 25.4. The summed E-state index contributed by atoms with van der Waals surface area (Å²) in [6, 6.07) is 8.54. The Bertz CT molecular complexity index is 1660. The van der Waals surface area contributed by atoms with E-state index in [4.69, 9.17) is 18.6 Å². The minimum atomic E-state index is -1.08. The molecular weight excluding hydrogens is 564 g/mol. The van der Waals surface area contributed by atoms with Crippen LogP contribution < -0.4 is 0 Å². The summed E-state index contributed by atoms with van der Waals surface area (Å²) in [5, 5.41) is 9.34. The number of furan rings is 1. The molecule has 7 rings (SSSR count). The molecule has 2 aliphatic heterocycles. The average molecular weight is 601 g/mol. The Morgan fingerprint density at radius 2 is 1.80 bits per heavy atom. The number of hydrogen-bond acceptors (Lipinski definition) is 8. The van der Waals surface area contributed by atoms with E-state index in [0.29, 0.717) is 12.2 Å². The van der Waals surface area contributed by atoms with Crippen LogP contribution >= 0.6 is 0 Å². The second-order valence-electron chi connectivity index (χ2n) is 13.6. The third-order valence-electron chi connectivity index (χ3n) is 11.8. The maximum atomic E-state index is 14.0. The van der Waals surface area contributed by atoms with Gasteiger partial charge in [0.2, 0.25) is 0 Å². The highest BCUT2D eigenvalue weighted by Crippen LogP contribution is 2.71. The summed E-state index contributed by atoms with van der Waals surface area (Å²) in [5.74, 6) is -2.02. The molecule has 9 atom stereocenters. The van der Waals surface area contributed by atoms with E-state index >= 15 is 0 Å². The lowest BCUT2D eigenvalue weighted by Crippen LogP contribution is -2.71. The lowest BCUT2D eigenvalue weighted by Gasteiger charge is -2.64. The number of benzene rings is 1. The van der Waals surface area contributed by atoms with Gasteiger partial charge >= 0.3 is 11.9 Å². The number of rotatable bonds is 5. The molecule has 2 saturated heterocycles. The largest absolute Gasteiger partial charge is 0.478 e. The van der Waals surface area contributed by atoms with E-state index in [2.05, 4.69) is 13.8 Å². The van der Waals surface area contributed by atoms with E-state index in [1.807, 2.05) is 19.9 Å². The Labute approximate surface area is 255 Å². The van der Waals surface area contributed by atoms with Crippen molar-refractivity contribution in [3.8, 4) is 11.3 Å². The van der Waals surface area contributed by atoms with Crippen molar-refractivity contribution in [1.82, 2.24) is 0 Å². The van der Waals surface area contributed by atoms with Gasteiger partial charge in [0.15, 0.2) is 11.6 Å². The summed E-state index contributed by atoms with van der Waals surface area (Å²) in [5.41, 5.74) is 1.32. The highest BCUT2D eigenvalue weighted by Gasteiger charge is 2.75. The number of carboxylic acid groups (broad SMARTS) is 1. The first-order valence-electron chi connectivity index (χ1n) is 15.1. The Morgan fingerprint density at radius 3 is 2.48 bits per heavy atom. The number of fused-ring (bicyclic) bond motifs is 4. The van der Waals surface area contributed by atoms with Gasteiger partial charge in [-0.05, 0) is 56.0 Å². The molecule has 0 radical (unpaired) electrons. The average Bonchev–Trinajstić information content (AvgIpc) is 3.69. The molecule has 0 spiro atoms. The molecule has 0 unspecified atom stereocenters. The number of hydrogen-bond donors (Lipinski definition) is 1. The summed E-state index contributed by atoms with van der Waals surface area (Å²) in [4.78, 5) is 51.8. The van der Waals surface area contributed by atoms with Crippen LogP contribution in [0, 0.1) is 28.1 Å². The fourth-order valence-corrected chi connectivity index (χ4v) is 9.70. The SMILES string of the molecule is COC(=O)C[C@H]1[C@]2(C)C3=C(C)[C@H](c4ccoc4-c4ccc(C(=O)O)cc4)C[C@H]3O[C@@H]2[C@@H]2OCC(=O)[C@]3(C)C=CC(=O)[C@@]1(C)[C@@H]23. The van der Waals surface area contributed by atoms with Gasteiger partial charge in [-0.1, -0.05) is 37.6 Å². The summed E-state index contributed by atoms with van der Waals surface area (Å²) in [6.45, 7) is 7.90. The molecule has 44 heavy (non-hydrogen) atoms. The monoisotopic (exact) mass is 600 g/mol. The molecule has 9 nitrogen and oxygen atoms in total. The number of esters is 1. The van der Waals surface area contributed by atoms with E-state index in [0.717, 1.165) is 22.3 Å². The normalized spacial score (nSPS) is 38.8. The number of Topliss-reactive ketones (excluding diaryl/α,β-unsaturated/α-hetero) is 1. The highest BCUT2D eigenvalue weighted by molar-refractivity contribution is 6.01. The fourth-order valence-electron chi connectivity index (χ4n) is 9.70. The third-order valence-corrected chi connectivity index (χ3v) is 11.8. The van der Waals surface area contributed by atoms with Gasteiger partial charge in [-0.2, -0.15) is 0 Å². The first-order valence-corrected chi connectivity index (χ1v) is 15.1. The van der Waals surface area contributed by atoms with Crippen LogP contribution in [0.3, 0.4) is 0 Å². The minimum Gasteiger partial charge on any atom is -0.478 e. The molecule has 1 N–H and O–H groups in total. The topological polar surface area (TPSA) is 129 Å². The van der Waals surface area contributed by atoms with Gasteiger partial charge in [0, 0.05) is 33.8 Å². The second-order valence-corrected chi connectivity index (χ2v) is 13.6. The van der Waals surface area contributed by atoms with Crippen molar-refractivity contribution in [2.75, 3.05) is 13.7 Å². The molecule has 1 aromatic heterocycles. The molecule has 3 aliphatic carbocycles. The summed E-state index contributed by atoms with van der Waals surface area (Å²) in [6.07, 6.45) is 4.27. The Kier molecular flexibility index (Phi) is 6.30. The standard InChI is InChI=1S/C35H36O9/c1-17-21(20-11-13-42-28(20)18-6-8-19(9-7-18)32(39)40)14-22-27(17)35(4)23(15-26(38)41-5)34(3)24(36)10-12-33(2)25(37)16-43-29(30(33)34)31(35)44-22/h6-13,21-23,29-31H,14-16H2,1-5H3,(H,39,40)/t21-,22-,23-,29-,30+,31-,33+,34+,35-/m1/s1. The predicted molar refractivity (Wildman–Crippen MR) is 157 cm³/mol. The molecule has 9 heteroatoms. The van der Waals surface area contributed by atoms with Crippen molar-refractivity contribution in [2.24, 2.45) is 28.1 Å². The number of aromatic carboxylic acids is 1. The van der Waals surface area contributed by atoms with Crippen LogP contribution in [0.5, 0.6) is 0 Å². The van der Waals surface area contributed by atoms with E-state index < -0.39 is 52.2 Å². The lowest BCUT2D eigenvalue weighted by molar-refractivity contribution is -0.238. The second kappa shape index (κ2) is 9.59. The van der Waals surface area contributed by atoms with Gasteiger partial charge in [-0.3, -0.25) is 14.4 Å². The number of carbonyl (C=O) groups excluding carboxylic acids is 3. The Morgan fingerprint density at radius 1 is 1.07 bits per heavy atom. The van der Waals surface area contributed by atoms with Gasteiger partial charge < -0.3 is 23.7 Å². The lowest BCUT2D eigenvalue weighted by atomic mass is 9.40. The zero-order valence-corrected chi connectivity index (χ0v) is 25.4. The quantitative estimate of drug-likeness (QED) is 0.366. The zero-order chi connectivity index (χ0) is 31.3. The van der Waals surface area contributed by atoms with Crippen LogP contribution in [0.25, 0.3) is 11.3 Å². The van der Waals surface area contributed by atoms with Crippen molar-refractivity contribution in [3.05, 3.63) is 71.0 Å². The van der Waals surface area contributed by atoms with Crippen molar-refractivity contribution in [3.63, 3.8) is 0 Å². The maximum Gasteiger partial charge on any atom is 0.335 e. The number of carboxylic acids is 1. The van der Waals surface area contributed by atoms with Gasteiger partial charge in [0.1, 0.15) is 12.4 Å².